The molecule has 1 N–H and O–H groups in total. The van der Waals surface area contributed by atoms with Gasteiger partial charge in [0.25, 0.3) is 0 Å². The molecule has 2 aromatic rings. The summed E-state index contributed by atoms with van der Waals surface area (Å²) in [5.41, 5.74) is 1.33. The fourth-order valence-electron chi connectivity index (χ4n) is 3.09. The number of esters is 1. The molecular formula is C22H30ClNO5. The van der Waals surface area contributed by atoms with Gasteiger partial charge in [0.2, 0.25) is 5.75 Å². The van der Waals surface area contributed by atoms with Crippen LogP contribution in [0, 0.1) is 0 Å². The Kier molecular flexibility index (Phi) is 10.3. The van der Waals surface area contributed by atoms with Crippen molar-refractivity contribution in [3.8, 4) is 17.2 Å². The van der Waals surface area contributed by atoms with Crippen molar-refractivity contribution in [2.45, 2.75) is 20.0 Å². The standard InChI is InChI=1S/C22H29NO5.ClH/c1-6-23(7-2)15-20(16-11-9-8-10-12-16)28-22(24)17-13-18(25-3)21(27-5)19(14-17)26-4;/h8-14,20H,6-7,15H2,1-5H3;1H. The van der Waals surface area contributed by atoms with Crippen LogP contribution in [0.25, 0.3) is 0 Å². The summed E-state index contributed by atoms with van der Waals surface area (Å²) >= 11 is 0. The first-order valence-electron chi connectivity index (χ1n) is 9.47. The number of benzene rings is 2. The lowest BCUT2D eigenvalue weighted by Gasteiger charge is -2.23. The topological polar surface area (TPSA) is 58.4 Å². The molecule has 0 aliphatic rings. The van der Waals surface area contributed by atoms with Gasteiger partial charge in [-0.05, 0) is 31.5 Å². The molecule has 1 unspecified atom stereocenters. The summed E-state index contributed by atoms with van der Waals surface area (Å²) < 4.78 is 21.9. The van der Waals surface area contributed by atoms with E-state index in [0.29, 0.717) is 29.4 Å². The smallest absolute Gasteiger partial charge is 0.339 e. The lowest BCUT2D eigenvalue weighted by Crippen LogP contribution is -3.11. The second kappa shape index (κ2) is 12.2. The second-order valence-corrected chi connectivity index (χ2v) is 6.38. The predicted octanol–water partition coefficient (Wildman–Crippen LogP) is -0.461. The number of methoxy groups -OCH3 is 3. The van der Waals surface area contributed by atoms with Gasteiger partial charge in [-0.15, -0.1) is 0 Å². The summed E-state index contributed by atoms with van der Waals surface area (Å²) in [5, 5.41) is 0. The van der Waals surface area contributed by atoms with Crippen LogP contribution >= 0.6 is 0 Å². The van der Waals surface area contributed by atoms with Crippen molar-refractivity contribution in [2.75, 3.05) is 41.0 Å². The number of carbonyl (C=O) groups excluding carboxylic acids is 1. The zero-order chi connectivity index (χ0) is 20.5. The summed E-state index contributed by atoms with van der Waals surface area (Å²) in [4.78, 5) is 14.3. The largest absolute Gasteiger partial charge is 1.00 e. The summed E-state index contributed by atoms with van der Waals surface area (Å²) in [6, 6.07) is 13.0. The molecule has 6 nitrogen and oxygen atoms in total. The monoisotopic (exact) mass is 423 g/mol. The molecule has 2 rings (SSSR count). The summed E-state index contributed by atoms with van der Waals surface area (Å²) in [6.45, 7) is 6.88. The van der Waals surface area contributed by atoms with Gasteiger partial charge in [0.05, 0.1) is 40.0 Å². The number of hydrogen-bond donors (Lipinski definition) is 1. The first-order chi connectivity index (χ1) is 13.6. The van der Waals surface area contributed by atoms with Crippen LogP contribution in [-0.2, 0) is 4.74 Å². The average Bonchev–Trinajstić information content (AvgIpc) is 2.75. The number of likely N-dealkylation sites (N-methyl/N-ethyl adjacent to an activating group) is 1. The first kappa shape index (κ1) is 24.6. The third kappa shape index (κ3) is 6.27. The molecule has 0 heterocycles. The Morgan fingerprint density at radius 3 is 1.93 bits per heavy atom. The Morgan fingerprint density at radius 2 is 1.48 bits per heavy atom. The number of quaternary nitrogens is 1. The van der Waals surface area contributed by atoms with Crippen LogP contribution < -0.4 is 31.5 Å². The van der Waals surface area contributed by atoms with Crippen LogP contribution in [-0.4, -0.2) is 46.9 Å². The van der Waals surface area contributed by atoms with E-state index in [2.05, 4.69) is 13.8 Å². The van der Waals surface area contributed by atoms with E-state index in [9.17, 15) is 4.79 Å². The minimum Gasteiger partial charge on any atom is -1.00 e. The van der Waals surface area contributed by atoms with Crippen LogP contribution in [0.2, 0.25) is 0 Å². The molecule has 0 aliphatic carbocycles. The van der Waals surface area contributed by atoms with Gasteiger partial charge < -0.3 is 36.3 Å². The molecule has 7 heteroatoms. The summed E-state index contributed by atoms with van der Waals surface area (Å²) in [6.07, 6.45) is -0.345. The molecule has 0 aliphatic heterocycles. The number of ether oxygens (including phenoxy) is 4. The Hall–Kier alpha value is -2.44. The van der Waals surface area contributed by atoms with Crippen LogP contribution in [0.1, 0.15) is 35.9 Å². The predicted molar refractivity (Wildman–Crippen MR) is 108 cm³/mol. The van der Waals surface area contributed by atoms with E-state index in [-0.39, 0.29) is 18.5 Å². The molecule has 0 bridgehead atoms. The average molecular weight is 424 g/mol. The van der Waals surface area contributed by atoms with Gasteiger partial charge in [-0.25, -0.2) is 4.79 Å². The van der Waals surface area contributed by atoms with Gasteiger partial charge in [-0.3, -0.25) is 0 Å². The Labute approximate surface area is 179 Å². The molecule has 29 heavy (non-hydrogen) atoms. The SMILES string of the molecule is CC[NH+](CC)CC(OC(=O)c1cc(OC)c(OC)c(OC)c1)c1ccccc1.[Cl-]. The van der Waals surface area contributed by atoms with E-state index in [0.717, 1.165) is 18.7 Å². The Balaban J connectivity index is 0.00000420. The molecule has 2 aromatic carbocycles. The summed E-state index contributed by atoms with van der Waals surface area (Å²) in [7, 11) is 4.56. The summed E-state index contributed by atoms with van der Waals surface area (Å²) in [5.74, 6) is 0.840. The van der Waals surface area contributed by atoms with Gasteiger partial charge >= 0.3 is 5.97 Å². The number of carbonyl (C=O) groups is 1. The fraction of sp³-hybridized carbons (Fsp3) is 0.409. The zero-order valence-electron chi connectivity index (χ0n) is 17.7. The van der Waals surface area contributed by atoms with E-state index in [1.165, 1.54) is 26.2 Å². The van der Waals surface area contributed by atoms with Crippen LogP contribution in [0.4, 0.5) is 0 Å². The van der Waals surface area contributed by atoms with Gasteiger partial charge in [0.15, 0.2) is 17.6 Å². The van der Waals surface area contributed by atoms with Gasteiger partial charge in [-0.2, -0.15) is 0 Å². The molecule has 0 saturated heterocycles. The Bertz CT molecular complexity index is 740. The molecular weight excluding hydrogens is 394 g/mol. The molecule has 1 atom stereocenters. The highest BCUT2D eigenvalue weighted by Gasteiger charge is 2.24. The van der Waals surface area contributed by atoms with E-state index >= 15 is 0 Å². The zero-order valence-corrected chi connectivity index (χ0v) is 18.4. The molecule has 0 fully saturated rings. The van der Waals surface area contributed by atoms with Crippen molar-refractivity contribution in [3.05, 3.63) is 53.6 Å². The van der Waals surface area contributed by atoms with Crippen molar-refractivity contribution in [2.24, 2.45) is 0 Å². The second-order valence-electron chi connectivity index (χ2n) is 6.38. The van der Waals surface area contributed by atoms with Crippen LogP contribution in [0.15, 0.2) is 42.5 Å². The van der Waals surface area contributed by atoms with E-state index in [1.807, 2.05) is 30.3 Å². The van der Waals surface area contributed by atoms with E-state index in [4.69, 9.17) is 18.9 Å². The van der Waals surface area contributed by atoms with Crippen LogP contribution in [0.5, 0.6) is 17.2 Å². The van der Waals surface area contributed by atoms with Crippen molar-refractivity contribution < 1.29 is 41.0 Å². The van der Waals surface area contributed by atoms with Gasteiger partial charge in [-0.1, -0.05) is 30.3 Å². The highest BCUT2D eigenvalue weighted by atomic mass is 35.5. The minimum atomic E-state index is -0.431. The maximum atomic E-state index is 12.9. The maximum absolute atomic E-state index is 12.9. The van der Waals surface area contributed by atoms with Crippen molar-refractivity contribution >= 4 is 5.97 Å². The van der Waals surface area contributed by atoms with E-state index in [1.54, 1.807) is 12.1 Å². The lowest BCUT2D eigenvalue weighted by atomic mass is 10.1. The first-order valence-corrected chi connectivity index (χ1v) is 9.47. The lowest BCUT2D eigenvalue weighted by molar-refractivity contribution is -0.900. The molecule has 0 amide bonds. The van der Waals surface area contributed by atoms with Gasteiger partial charge in [0, 0.05) is 0 Å². The van der Waals surface area contributed by atoms with Crippen molar-refractivity contribution in [3.63, 3.8) is 0 Å². The maximum Gasteiger partial charge on any atom is 0.339 e. The molecule has 0 aromatic heterocycles. The van der Waals surface area contributed by atoms with Crippen LogP contribution in [0.3, 0.4) is 0 Å². The fourth-order valence-corrected chi connectivity index (χ4v) is 3.09. The Morgan fingerprint density at radius 1 is 0.931 bits per heavy atom. The third-order valence-corrected chi connectivity index (χ3v) is 4.80. The van der Waals surface area contributed by atoms with Gasteiger partial charge in [0.1, 0.15) is 6.54 Å². The highest BCUT2D eigenvalue weighted by Crippen LogP contribution is 2.38. The molecule has 0 radical (unpaired) electrons. The van der Waals surface area contributed by atoms with E-state index < -0.39 is 5.97 Å². The number of halogens is 1. The highest BCUT2D eigenvalue weighted by molar-refractivity contribution is 5.91. The number of hydrogen-bond acceptors (Lipinski definition) is 5. The quantitative estimate of drug-likeness (QED) is 0.524. The third-order valence-electron chi connectivity index (χ3n) is 4.80. The molecule has 160 valence electrons. The van der Waals surface area contributed by atoms with Crippen molar-refractivity contribution in [1.29, 1.82) is 0 Å². The number of rotatable bonds is 10. The minimum absolute atomic E-state index is 0. The van der Waals surface area contributed by atoms with Crippen molar-refractivity contribution in [1.82, 2.24) is 0 Å². The molecule has 0 saturated carbocycles. The molecule has 0 spiro atoms. The normalized spacial score (nSPS) is 11.4. The number of nitrogens with one attached hydrogen (secondary N) is 1.